The molecule has 0 saturated carbocycles. The third-order valence-electron chi connectivity index (χ3n) is 6.19. The van der Waals surface area contributed by atoms with Gasteiger partial charge in [-0.2, -0.15) is 0 Å². The summed E-state index contributed by atoms with van der Waals surface area (Å²) in [6.45, 7) is 6.11. The number of hydrogen-bond acceptors (Lipinski definition) is 3. The zero-order valence-corrected chi connectivity index (χ0v) is 18.8. The highest BCUT2D eigenvalue weighted by atomic mass is 35.5. The van der Waals surface area contributed by atoms with Crippen molar-refractivity contribution >= 4 is 40.8 Å². The Balaban J connectivity index is 2.01. The molecule has 1 amide bonds. The standard InChI is InChI=1S/C23H23Cl2FN2O3/c1-22(2,3)10-17-23(13-6-5-12(24)9-16(13)27-21(23)31)18(19(28-17)20(29)30)11-4-7-15(26)14(25)8-11/h4-9,17-19,28H,10H2,1-3H3,(H,27,31)(H,29,30)/t17-,18+,19+,23+/m0/s1. The first-order chi connectivity index (χ1) is 14.4. The van der Waals surface area contributed by atoms with Crippen molar-refractivity contribution in [3.05, 3.63) is 63.4 Å². The van der Waals surface area contributed by atoms with Gasteiger partial charge in [0.15, 0.2) is 0 Å². The maximum atomic E-state index is 13.9. The van der Waals surface area contributed by atoms with Crippen LogP contribution >= 0.6 is 23.2 Å². The van der Waals surface area contributed by atoms with Crippen LogP contribution in [0.1, 0.15) is 44.2 Å². The molecule has 0 aromatic heterocycles. The molecule has 3 N–H and O–H groups in total. The maximum absolute atomic E-state index is 13.9. The van der Waals surface area contributed by atoms with Crippen LogP contribution in [-0.2, 0) is 15.0 Å². The van der Waals surface area contributed by atoms with Crippen LogP contribution in [0.4, 0.5) is 10.1 Å². The summed E-state index contributed by atoms with van der Waals surface area (Å²) < 4.78 is 13.9. The summed E-state index contributed by atoms with van der Waals surface area (Å²) in [6, 6.07) is 7.71. The number of fused-ring (bicyclic) bond motifs is 2. The number of amides is 1. The molecule has 0 radical (unpaired) electrons. The number of carboxylic acid groups (broad SMARTS) is 1. The average molecular weight is 465 g/mol. The first-order valence-corrected chi connectivity index (χ1v) is 10.8. The smallest absolute Gasteiger partial charge is 0.321 e. The van der Waals surface area contributed by atoms with Crippen molar-refractivity contribution in [1.29, 1.82) is 0 Å². The van der Waals surface area contributed by atoms with Gasteiger partial charge < -0.3 is 10.4 Å². The Morgan fingerprint density at radius 3 is 2.52 bits per heavy atom. The Labute approximate surface area is 189 Å². The minimum absolute atomic E-state index is 0.120. The van der Waals surface area contributed by atoms with Crippen molar-refractivity contribution in [2.45, 2.75) is 50.6 Å². The van der Waals surface area contributed by atoms with Crippen LogP contribution in [0.3, 0.4) is 0 Å². The van der Waals surface area contributed by atoms with E-state index < -0.39 is 35.2 Å². The summed E-state index contributed by atoms with van der Waals surface area (Å²) >= 11 is 12.2. The second kappa shape index (κ2) is 7.47. The molecular weight excluding hydrogens is 442 g/mol. The van der Waals surface area contributed by atoms with Crippen LogP contribution in [0.25, 0.3) is 0 Å². The van der Waals surface area contributed by atoms with Gasteiger partial charge in [-0.05, 0) is 47.2 Å². The predicted octanol–water partition coefficient (Wildman–Crippen LogP) is 4.97. The average Bonchev–Trinajstić information content (AvgIpc) is 3.12. The van der Waals surface area contributed by atoms with Crippen molar-refractivity contribution < 1.29 is 19.1 Å². The lowest BCUT2D eigenvalue weighted by Gasteiger charge is -2.37. The Hall–Kier alpha value is -2.15. The molecule has 1 spiro atoms. The predicted molar refractivity (Wildman–Crippen MR) is 118 cm³/mol. The summed E-state index contributed by atoms with van der Waals surface area (Å²) in [5.41, 5.74) is 0.302. The van der Waals surface area contributed by atoms with Gasteiger partial charge in [0.1, 0.15) is 17.3 Å². The van der Waals surface area contributed by atoms with Crippen molar-refractivity contribution in [2.24, 2.45) is 5.41 Å². The fourth-order valence-corrected chi connectivity index (χ4v) is 5.48. The molecule has 5 nitrogen and oxygen atoms in total. The molecule has 4 atom stereocenters. The van der Waals surface area contributed by atoms with E-state index in [2.05, 4.69) is 10.6 Å². The first-order valence-electron chi connectivity index (χ1n) is 10.0. The lowest BCUT2D eigenvalue weighted by atomic mass is 9.62. The van der Waals surface area contributed by atoms with E-state index in [1.807, 2.05) is 20.8 Å². The number of carboxylic acids is 1. The van der Waals surface area contributed by atoms with Gasteiger partial charge >= 0.3 is 5.97 Å². The van der Waals surface area contributed by atoms with E-state index in [0.29, 0.717) is 28.3 Å². The Morgan fingerprint density at radius 1 is 1.19 bits per heavy atom. The molecule has 0 aliphatic carbocycles. The maximum Gasteiger partial charge on any atom is 0.321 e. The van der Waals surface area contributed by atoms with Crippen molar-refractivity contribution in [3.63, 3.8) is 0 Å². The largest absolute Gasteiger partial charge is 0.480 e. The number of anilines is 1. The molecule has 2 heterocycles. The van der Waals surface area contributed by atoms with E-state index in [1.54, 1.807) is 18.2 Å². The third kappa shape index (κ3) is 3.51. The lowest BCUT2D eigenvalue weighted by Crippen LogP contribution is -2.49. The molecule has 1 saturated heterocycles. The summed E-state index contributed by atoms with van der Waals surface area (Å²) in [5, 5.41) is 16.6. The molecule has 0 bridgehead atoms. The third-order valence-corrected chi connectivity index (χ3v) is 6.72. The van der Waals surface area contributed by atoms with Crippen molar-refractivity contribution in [2.75, 3.05) is 5.32 Å². The number of aliphatic carboxylic acids is 1. The van der Waals surface area contributed by atoms with Gasteiger partial charge in [-0.15, -0.1) is 0 Å². The lowest BCUT2D eigenvalue weighted by molar-refractivity contribution is -0.139. The monoisotopic (exact) mass is 464 g/mol. The molecule has 2 aliphatic rings. The highest BCUT2D eigenvalue weighted by Crippen LogP contribution is 2.56. The van der Waals surface area contributed by atoms with Gasteiger partial charge in [0, 0.05) is 22.7 Å². The van der Waals surface area contributed by atoms with Crippen LogP contribution in [0.2, 0.25) is 10.0 Å². The van der Waals surface area contributed by atoms with E-state index in [0.717, 1.165) is 0 Å². The SMILES string of the molecule is CC(C)(C)C[C@@H]1N[C@@H](C(=O)O)[C@@H](c2ccc(F)c(Cl)c2)[C@]12C(=O)Nc1cc(Cl)ccc12. The van der Waals surface area contributed by atoms with E-state index in [4.69, 9.17) is 23.2 Å². The van der Waals surface area contributed by atoms with Gasteiger partial charge in [-0.25, -0.2) is 4.39 Å². The quantitative estimate of drug-likeness (QED) is 0.599. The van der Waals surface area contributed by atoms with Gasteiger partial charge in [-0.1, -0.05) is 56.1 Å². The summed E-state index contributed by atoms with van der Waals surface area (Å²) in [5.74, 6) is -2.80. The van der Waals surface area contributed by atoms with Crippen LogP contribution in [-0.4, -0.2) is 29.1 Å². The van der Waals surface area contributed by atoms with Crippen LogP contribution in [0, 0.1) is 11.2 Å². The van der Waals surface area contributed by atoms with Crippen LogP contribution < -0.4 is 10.6 Å². The molecule has 2 aromatic rings. The fraction of sp³-hybridized carbons (Fsp3) is 0.391. The van der Waals surface area contributed by atoms with E-state index in [1.165, 1.54) is 18.2 Å². The zero-order chi connectivity index (χ0) is 22.7. The van der Waals surface area contributed by atoms with Gasteiger partial charge in [-0.3, -0.25) is 14.9 Å². The topological polar surface area (TPSA) is 78.4 Å². The van der Waals surface area contributed by atoms with Gasteiger partial charge in [0.25, 0.3) is 0 Å². The number of carbonyl (C=O) groups is 2. The van der Waals surface area contributed by atoms with E-state index in [-0.39, 0.29) is 16.3 Å². The number of rotatable bonds is 3. The molecule has 0 unspecified atom stereocenters. The summed E-state index contributed by atoms with van der Waals surface area (Å²) in [6.07, 6.45) is 0.539. The summed E-state index contributed by atoms with van der Waals surface area (Å²) in [4.78, 5) is 26.0. The number of hydrogen-bond donors (Lipinski definition) is 3. The molecule has 2 aliphatic heterocycles. The number of nitrogens with one attached hydrogen (secondary N) is 2. The Morgan fingerprint density at radius 2 is 1.90 bits per heavy atom. The molecule has 2 aromatic carbocycles. The Kier molecular flexibility index (Phi) is 5.31. The molecular formula is C23H23Cl2FN2O3. The minimum atomic E-state index is -1.22. The molecule has 164 valence electrons. The van der Waals surface area contributed by atoms with E-state index in [9.17, 15) is 19.1 Å². The Bertz CT molecular complexity index is 1080. The van der Waals surface area contributed by atoms with Crippen LogP contribution in [0.15, 0.2) is 36.4 Å². The van der Waals surface area contributed by atoms with Crippen molar-refractivity contribution in [1.82, 2.24) is 5.32 Å². The number of halogens is 3. The highest BCUT2D eigenvalue weighted by Gasteiger charge is 2.65. The van der Waals surface area contributed by atoms with E-state index >= 15 is 0 Å². The second-order valence-corrected chi connectivity index (χ2v) is 10.3. The number of benzene rings is 2. The second-order valence-electron chi connectivity index (χ2n) is 9.46. The summed E-state index contributed by atoms with van der Waals surface area (Å²) in [7, 11) is 0. The molecule has 31 heavy (non-hydrogen) atoms. The fourth-order valence-electron chi connectivity index (χ4n) is 5.11. The van der Waals surface area contributed by atoms with Gasteiger partial charge in [0.05, 0.1) is 5.02 Å². The zero-order valence-electron chi connectivity index (χ0n) is 17.3. The van der Waals surface area contributed by atoms with Crippen LogP contribution in [0.5, 0.6) is 0 Å². The van der Waals surface area contributed by atoms with Gasteiger partial charge in [0.2, 0.25) is 5.91 Å². The molecule has 8 heteroatoms. The molecule has 1 fully saturated rings. The minimum Gasteiger partial charge on any atom is -0.480 e. The molecule has 4 rings (SSSR count). The highest BCUT2D eigenvalue weighted by molar-refractivity contribution is 6.31. The van der Waals surface area contributed by atoms with Crippen molar-refractivity contribution in [3.8, 4) is 0 Å². The first kappa shape index (κ1) is 22.1. The normalized spacial score (nSPS) is 27.4. The number of carbonyl (C=O) groups excluding carboxylic acids is 1.